The van der Waals surface area contributed by atoms with E-state index in [9.17, 15) is 0 Å². The molecule has 18 heavy (non-hydrogen) atoms. The third-order valence-corrected chi connectivity index (χ3v) is 3.95. The standard InChI is InChI=1S/C16H25NO/c1-13(15-7-5-4-6-8-15)17-12-14-9-10-18-16(2,3)11-14/h4-8,13-14,17H,9-12H2,1-3H3/p+1/t13-,14+/m0/s1. The molecule has 1 fully saturated rings. The molecule has 1 aromatic carbocycles. The third kappa shape index (κ3) is 3.82. The van der Waals surface area contributed by atoms with E-state index in [-0.39, 0.29) is 5.60 Å². The molecule has 0 unspecified atom stereocenters. The molecule has 2 nitrogen and oxygen atoms in total. The minimum atomic E-state index is 0.0761. The molecule has 1 aliphatic rings. The lowest BCUT2D eigenvalue weighted by Crippen LogP contribution is -2.86. The molecule has 2 heteroatoms. The van der Waals surface area contributed by atoms with Gasteiger partial charge in [0.25, 0.3) is 0 Å². The van der Waals surface area contributed by atoms with Gasteiger partial charge in [-0.25, -0.2) is 0 Å². The zero-order valence-corrected chi connectivity index (χ0v) is 11.9. The van der Waals surface area contributed by atoms with Gasteiger partial charge in [-0.15, -0.1) is 0 Å². The average molecular weight is 248 g/mol. The van der Waals surface area contributed by atoms with Gasteiger partial charge in [0.1, 0.15) is 6.04 Å². The van der Waals surface area contributed by atoms with Crippen molar-refractivity contribution in [1.29, 1.82) is 0 Å². The summed E-state index contributed by atoms with van der Waals surface area (Å²) >= 11 is 0. The Bertz CT molecular complexity index is 361. The molecule has 2 N–H and O–H groups in total. The van der Waals surface area contributed by atoms with Crippen LogP contribution in [0.4, 0.5) is 0 Å². The first-order valence-electron chi connectivity index (χ1n) is 7.09. The van der Waals surface area contributed by atoms with Crippen LogP contribution in [0.3, 0.4) is 0 Å². The fourth-order valence-electron chi connectivity index (χ4n) is 2.85. The Kier molecular flexibility index (Phi) is 4.41. The highest BCUT2D eigenvalue weighted by Crippen LogP contribution is 2.27. The number of benzene rings is 1. The zero-order valence-electron chi connectivity index (χ0n) is 11.9. The second-order valence-electron chi connectivity index (χ2n) is 6.14. The van der Waals surface area contributed by atoms with Gasteiger partial charge >= 0.3 is 0 Å². The number of quaternary nitrogens is 1. The summed E-state index contributed by atoms with van der Waals surface area (Å²) in [5, 5.41) is 2.47. The third-order valence-electron chi connectivity index (χ3n) is 3.95. The van der Waals surface area contributed by atoms with Crippen LogP contribution >= 0.6 is 0 Å². The van der Waals surface area contributed by atoms with Crippen LogP contribution in [0.25, 0.3) is 0 Å². The largest absolute Gasteiger partial charge is 0.376 e. The van der Waals surface area contributed by atoms with E-state index >= 15 is 0 Å². The molecule has 100 valence electrons. The first-order valence-corrected chi connectivity index (χ1v) is 7.09. The van der Waals surface area contributed by atoms with Crippen LogP contribution in [0.2, 0.25) is 0 Å². The summed E-state index contributed by atoms with van der Waals surface area (Å²) in [7, 11) is 0. The summed E-state index contributed by atoms with van der Waals surface area (Å²) in [5.74, 6) is 0.792. The maximum atomic E-state index is 5.77. The van der Waals surface area contributed by atoms with Gasteiger partial charge in [0.15, 0.2) is 0 Å². The molecule has 0 amide bonds. The van der Waals surface area contributed by atoms with Gasteiger partial charge in [-0.3, -0.25) is 0 Å². The fourth-order valence-corrected chi connectivity index (χ4v) is 2.85. The van der Waals surface area contributed by atoms with Crippen molar-refractivity contribution in [3.63, 3.8) is 0 Å². The lowest BCUT2D eigenvalue weighted by molar-refractivity contribution is -0.698. The van der Waals surface area contributed by atoms with E-state index in [0.717, 1.165) is 12.5 Å². The predicted octanol–water partition coefficient (Wildman–Crippen LogP) is 2.52. The van der Waals surface area contributed by atoms with E-state index in [0.29, 0.717) is 6.04 Å². The van der Waals surface area contributed by atoms with E-state index < -0.39 is 0 Å². The molecular weight excluding hydrogens is 222 g/mol. The number of hydrogen-bond donors (Lipinski definition) is 1. The summed E-state index contributed by atoms with van der Waals surface area (Å²) < 4.78 is 5.77. The molecule has 2 atom stereocenters. The van der Waals surface area contributed by atoms with Gasteiger partial charge in [0.05, 0.1) is 12.1 Å². The van der Waals surface area contributed by atoms with E-state index in [1.54, 1.807) is 0 Å². The Hall–Kier alpha value is -0.860. The average Bonchev–Trinajstić information content (AvgIpc) is 2.36. The van der Waals surface area contributed by atoms with Gasteiger partial charge in [0.2, 0.25) is 0 Å². The topological polar surface area (TPSA) is 25.8 Å². The highest BCUT2D eigenvalue weighted by molar-refractivity contribution is 5.16. The highest BCUT2D eigenvalue weighted by atomic mass is 16.5. The fraction of sp³-hybridized carbons (Fsp3) is 0.625. The Morgan fingerprint density at radius 1 is 1.33 bits per heavy atom. The van der Waals surface area contributed by atoms with E-state index in [4.69, 9.17) is 4.74 Å². The lowest BCUT2D eigenvalue weighted by atomic mass is 9.88. The minimum Gasteiger partial charge on any atom is -0.376 e. The molecule has 0 aliphatic carbocycles. The van der Waals surface area contributed by atoms with E-state index in [2.05, 4.69) is 56.4 Å². The van der Waals surface area contributed by atoms with Crippen molar-refractivity contribution < 1.29 is 10.1 Å². The van der Waals surface area contributed by atoms with Gasteiger partial charge in [-0.05, 0) is 33.6 Å². The predicted molar refractivity (Wildman–Crippen MR) is 74.4 cm³/mol. The summed E-state index contributed by atoms with van der Waals surface area (Å²) in [6, 6.07) is 11.3. The van der Waals surface area contributed by atoms with Crippen LogP contribution in [-0.2, 0) is 4.74 Å². The molecule has 0 saturated carbocycles. The maximum absolute atomic E-state index is 5.77. The highest BCUT2D eigenvalue weighted by Gasteiger charge is 2.29. The van der Waals surface area contributed by atoms with Crippen LogP contribution in [0, 0.1) is 5.92 Å². The van der Waals surface area contributed by atoms with Crippen LogP contribution in [0.5, 0.6) is 0 Å². The van der Waals surface area contributed by atoms with Crippen molar-refractivity contribution in [3.8, 4) is 0 Å². The molecule has 1 aliphatic heterocycles. The Labute approximate surface area is 111 Å². The quantitative estimate of drug-likeness (QED) is 0.870. The second kappa shape index (κ2) is 5.85. The molecule has 0 bridgehead atoms. The monoisotopic (exact) mass is 248 g/mol. The molecular formula is C16H26NO+. The van der Waals surface area contributed by atoms with Gasteiger partial charge < -0.3 is 10.1 Å². The van der Waals surface area contributed by atoms with Crippen molar-refractivity contribution in [3.05, 3.63) is 35.9 Å². The maximum Gasteiger partial charge on any atom is 0.109 e. The van der Waals surface area contributed by atoms with Gasteiger partial charge in [0, 0.05) is 18.1 Å². The molecule has 1 aromatic rings. The first-order chi connectivity index (χ1) is 8.57. The Morgan fingerprint density at radius 3 is 2.72 bits per heavy atom. The molecule has 1 saturated heterocycles. The second-order valence-corrected chi connectivity index (χ2v) is 6.14. The van der Waals surface area contributed by atoms with Crippen LogP contribution in [0.15, 0.2) is 30.3 Å². The zero-order chi connectivity index (χ0) is 13.0. The SMILES string of the molecule is C[C@H]([NH2+]C[C@@H]1CCOC(C)(C)C1)c1ccccc1. The van der Waals surface area contributed by atoms with Crippen LogP contribution < -0.4 is 5.32 Å². The summed E-state index contributed by atoms with van der Waals surface area (Å²) in [6.07, 6.45) is 2.40. The van der Waals surface area contributed by atoms with Crippen LogP contribution in [0.1, 0.15) is 45.2 Å². The van der Waals surface area contributed by atoms with Crippen molar-refractivity contribution in [2.45, 2.75) is 45.3 Å². The van der Waals surface area contributed by atoms with Crippen LogP contribution in [-0.4, -0.2) is 18.8 Å². The smallest absolute Gasteiger partial charge is 0.109 e. The normalized spacial score (nSPS) is 24.7. The first kappa shape index (κ1) is 13.6. The number of hydrogen-bond acceptors (Lipinski definition) is 1. The summed E-state index contributed by atoms with van der Waals surface area (Å²) in [6.45, 7) is 8.84. The molecule has 2 rings (SSSR count). The number of ether oxygens (including phenoxy) is 1. The number of nitrogens with two attached hydrogens (primary N) is 1. The van der Waals surface area contributed by atoms with Crippen molar-refractivity contribution >= 4 is 0 Å². The molecule has 0 aromatic heterocycles. The lowest BCUT2D eigenvalue weighted by Gasteiger charge is -2.35. The Morgan fingerprint density at radius 2 is 2.06 bits per heavy atom. The minimum absolute atomic E-state index is 0.0761. The summed E-state index contributed by atoms with van der Waals surface area (Å²) in [5.41, 5.74) is 1.50. The van der Waals surface area contributed by atoms with Crippen molar-refractivity contribution in [2.75, 3.05) is 13.2 Å². The van der Waals surface area contributed by atoms with Crippen molar-refractivity contribution in [2.24, 2.45) is 5.92 Å². The van der Waals surface area contributed by atoms with Crippen molar-refractivity contribution in [1.82, 2.24) is 0 Å². The van der Waals surface area contributed by atoms with E-state index in [1.807, 2.05) is 0 Å². The molecule has 0 radical (unpaired) electrons. The van der Waals surface area contributed by atoms with E-state index in [1.165, 1.54) is 24.9 Å². The number of rotatable bonds is 4. The Balaban J connectivity index is 1.81. The van der Waals surface area contributed by atoms with Gasteiger partial charge in [-0.1, -0.05) is 30.3 Å². The van der Waals surface area contributed by atoms with Gasteiger partial charge in [-0.2, -0.15) is 0 Å². The summed E-state index contributed by atoms with van der Waals surface area (Å²) in [4.78, 5) is 0. The molecule has 1 heterocycles. The molecule has 0 spiro atoms.